The van der Waals surface area contributed by atoms with Crippen LogP contribution in [0.4, 0.5) is 5.69 Å². The number of nitrogens with zero attached hydrogens (tertiary/aromatic N) is 3. The topological polar surface area (TPSA) is 92.1 Å². The van der Waals surface area contributed by atoms with Crippen LogP contribution in [0.25, 0.3) is 11.3 Å². The maximum Gasteiger partial charge on any atom is 0.273 e. The Morgan fingerprint density at radius 2 is 1.58 bits per heavy atom. The zero-order chi connectivity index (χ0) is 21.4. The van der Waals surface area contributed by atoms with Gasteiger partial charge in [0, 0.05) is 29.8 Å². The summed E-state index contributed by atoms with van der Waals surface area (Å²) in [5.41, 5.74) is 4.68. The minimum absolute atomic E-state index is 0.0124. The van der Waals surface area contributed by atoms with Crippen molar-refractivity contribution in [3.8, 4) is 11.3 Å². The average Bonchev–Trinajstić information content (AvgIpc) is 3.35. The van der Waals surface area contributed by atoms with E-state index in [0.717, 1.165) is 22.3 Å². The molecule has 1 aliphatic rings. The Morgan fingerprint density at radius 3 is 2.23 bits per heavy atom. The highest BCUT2D eigenvalue weighted by atomic mass is 16.6. The Kier molecular flexibility index (Phi) is 4.55. The summed E-state index contributed by atoms with van der Waals surface area (Å²) in [6.45, 7) is 0.415. The van der Waals surface area contributed by atoms with Gasteiger partial charge in [0.25, 0.3) is 11.6 Å². The Bertz CT molecular complexity index is 1250. The number of aromatic amines is 1. The highest BCUT2D eigenvalue weighted by Gasteiger charge is 2.42. The molecular formula is C24H18N4O3. The highest BCUT2D eigenvalue weighted by Crippen LogP contribution is 2.43. The van der Waals surface area contributed by atoms with Crippen LogP contribution in [0.2, 0.25) is 0 Å². The second-order valence-corrected chi connectivity index (χ2v) is 7.40. The number of nitro benzene ring substituents is 1. The number of non-ortho nitro benzene ring substituents is 1. The Hall–Kier alpha value is -4.26. The second kappa shape index (κ2) is 7.53. The molecule has 1 aromatic heterocycles. The maximum atomic E-state index is 13.4. The molecule has 1 atom stereocenters. The lowest BCUT2D eigenvalue weighted by Crippen LogP contribution is -2.29. The summed E-state index contributed by atoms with van der Waals surface area (Å²) in [5, 5.41) is 18.5. The first-order valence-electron chi connectivity index (χ1n) is 9.86. The Balaban J connectivity index is 1.64. The van der Waals surface area contributed by atoms with E-state index in [2.05, 4.69) is 10.2 Å². The van der Waals surface area contributed by atoms with Gasteiger partial charge in [0.05, 0.1) is 16.7 Å². The molecule has 5 rings (SSSR count). The minimum Gasteiger partial charge on any atom is -0.322 e. The predicted molar refractivity (Wildman–Crippen MR) is 115 cm³/mol. The summed E-state index contributed by atoms with van der Waals surface area (Å²) < 4.78 is 0. The average molecular weight is 410 g/mol. The van der Waals surface area contributed by atoms with Gasteiger partial charge in [-0.3, -0.25) is 20.0 Å². The minimum atomic E-state index is -0.427. The summed E-state index contributed by atoms with van der Waals surface area (Å²) >= 11 is 0. The third kappa shape index (κ3) is 3.26. The predicted octanol–water partition coefficient (Wildman–Crippen LogP) is 4.73. The second-order valence-electron chi connectivity index (χ2n) is 7.40. The molecule has 1 amide bonds. The van der Waals surface area contributed by atoms with Crippen LogP contribution in [0.3, 0.4) is 0 Å². The molecule has 2 heterocycles. The SMILES string of the molecule is O=C1c2[nH]nc(-c3ccccc3)c2C(c2ccc([N+](=O)[O-])cc2)N1Cc1ccccc1. The van der Waals surface area contributed by atoms with E-state index in [0.29, 0.717) is 17.9 Å². The highest BCUT2D eigenvalue weighted by molar-refractivity contribution is 6.00. The fourth-order valence-electron chi connectivity index (χ4n) is 4.08. The fourth-order valence-corrected chi connectivity index (χ4v) is 4.08. The number of aromatic nitrogens is 2. The van der Waals surface area contributed by atoms with Gasteiger partial charge in [-0.1, -0.05) is 60.7 Å². The van der Waals surface area contributed by atoms with Crippen molar-refractivity contribution in [1.29, 1.82) is 0 Å². The molecule has 0 radical (unpaired) electrons. The van der Waals surface area contributed by atoms with Crippen LogP contribution < -0.4 is 0 Å². The van der Waals surface area contributed by atoms with E-state index >= 15 is 0 Å². The van der Waals surface area contributed by atoms with E-state index in [1.54, 1.807) is 17.0 Å². The van der Waals surface area contributed by atoms with Crippen LogP contribution in [-0.4, -0.2) is 25.9 Å². The van der Waals surface area contributed by atoms with Gasteiger partial charge in [-0.15, -0.1) is 0 Å². The van der Waals surface area contributed by atoms with E-state index in [4.69, 9.17) is 0 Å². The molecule has 0 aliphatic carbocycles. The number of amides is 1. The Morgan fingerprint density at radius 1 is 0.935 bits per heavy atom. The molecule has 1 unspecified atom stereocenters. The first-order valence-corrected chi connectivity index (χ1v) is 9.86. The van der Waals surface area contributed by atoms with Crippen molar-refractivity contribution in [2.75, 3.05) is 0 Å². The van der Waals surface area contributed by atoms with Gasteiger partial charge in [-0.2, -0.15) is 5.10 Å². The molecule has 1 aliphatic heterocycles. The number of nitrogens with one attached hydrogen (secondary N) is 1. The van der Waals surface area contributed by atoms with Gasteiger partial charge in [0.1, 0.15) is 5.69 Å². The molecule has 152 valence electrons. The standard InChI is InChI=1S/C24H18N4O3/c29-24-22-20(21(25-26-22)17-9-5-2-6-10-17)23(18-11-13-19(14-12-18)28(30)31)27(24)15-16-7-3-1-4-8-16/h1-14,23H,15H2,(H,25,26). The van der Waals surface area contributed by atoms with Crippen molar-refractivity contribution < 1.29 is 9.72 Å². The van der Waals surface area contributed by atoms with Crippen LogP contribution in [0.1, 0.15) is 33.2 Å². The molecule has 0 saturated heterocycles. The number of fused-ring (bicyclic) bond motifs is 1. The first kappa shape index (κ1) is 18.7. The third-order valence-corrected chi connectivity index (χ3v) is 5.53. The zero-order valence-electron chi connectivity index (χ0n) is 16.4. The van der Waals surface area contributed by atoms with E-state index in [-0.39, 0.29) is 11.6 Å². The van der Waals surface area contributed by atoms with Gasteiger partial charge in [-0.25, -0.2) is 0 Å². The summed E-state index contributed by atoms with van der Waals surface area (Å²) in [4.78, 5) is 25.8. The summed E-state index contributed by atoms with van der Waals surface area (Å²) in [5.74, 6) is -0.142. The normalized spacial score (nSPS) is 15.2. The summed E-state index contributed by atoms with van der Waals surface area (Å²) in [6.07, 6.45) is 0. The van der Waals surface area contributed by atoms with Crippen molar-refractivity contribution in [1.82, 2.24) is 15.1 Å². The number of hydrogen-bond acceptors (Lipinski definition) is 4. The lowest BCUT2D eigenvalue weighted by molar-refractivity contribution is -0.384. The smallest absolute Gasteiger partial charge is 0.273 e. The number of carbonyl (C=O) groups excluding carboxylic acids is 1. The summed E-state index contributed by atoms with van der Waals surface area (Å²) in [7, 11) is 0. The number of rotatable bonds is 5. The van der Waals surface area contributed by atoms with Gasteiger partial charge >= 0.3 is 0 Å². The van der Waals surface area contributed by atoms with Gasteiger partial charge < -0.3 is 4.90 Å². The third-order valence-electron chi connectivity index (χ3n) is 5.53. The lowest BCUT2D eigenvalue weighted by atomic mass is 9.95. The van der Waals surface area contributed by atoms with Crippen LogP contribution in [0, 0.1) is 10.1 Å². The zero-order valence-corrected chi connectivity index (χ0v) is 16.4. The molecule has 1 N–H and O–H groups in total. The fraction of sp³-hybridized carbons (Fsp3) is 0.0833. The van der Waals surface area contributed by atoms with E-state index in [1.807, 2.05) is 60.7 Å². The molecule has 7 nitrogen and oxygen atoms in total. The van der Waals surface area contributed by atoms with E-state index in [1.165, 1.54) is 12.1 Å². The number of benzene rings is 3. The molecule has 0 saturated carbocycles. The van der Waals surface area contributed by atoms with Crippen LogP contribution in [0.5, 0.6) is 0 Å². The van der Waals surface area contributed by atoms with Crippen LogP contribution >= 0.6 is 0 Å². The van der Waals surface area contributed by atoms with Crippen molar-refractivity contribution in [2.45, 2.75) is 12.6 Å². The monoisotopic (exact) mass is 410 g/mol. The van der Waals surface area contributed by atoms with Crippen molar-refractivity contribution in [2.24, 2.45) is 0 Å². The van der Waals surface area contributed by atoms with Gasteiger partial charge in [0.15, 0.2) is 0 Å². The van der Waals surface area contributed by atoms with Gasteiger partial charge in [-0.05, 0) is 23.3 Å². The molecule has 31 heavy (non-hydrogen) atoms. The number of nitro groups is 1. The summed E-state index contributed by atoms with van der Waals surface area (Å²) in [6, 6.07) is 25.4. The van der Waals surface area contributed by atoms with E-state index < -0.39 is 11.0 Å². The van der Waals surface area contributed by atoms with Crippen molar-refractivity contribution in [3.63, 3.8) is 0 Å². The number of H-pyrrole nitrogens is 1. The lowest BCUT2D eigenvalue weighted by Gasteiger charge is -2.26. The maximum absolute atomic E-state index is 13.4. The van der Waals surface area contributed by atoms with Crippen LogP contribution in [-0.2, 0) is 6.54 Å². The Labute approximate surface area is 178 Å². The van der Waals surface area contributed by atoms with E-state index in [9.17, 15) is 14.9 Å². The molecule has 4 aromatic rings. The molecular weight excluding hydrogens is 392 g/mol. The van der Waals surface area contributed by atoms with Crippen molar-refractivity contribution >= 4 is 11.6 Å². The molecule has 0 fully saturated rings. The molecule has 0 spiro atoms. The quantitative estimate of drug-likeness (QED) is 0.380. The first-order chi connectivity index (χ1) is 15.1. The molecule has 0 bridgehead atoms. The number of hydrogen-bond donors (Lipinski definition) is 1. The number of carbonyl (C=O) groups is 1. The molecule has 3 aromatic carbocycles. The van der Waals surface area contributed by atoms with Gasteiger partial charge in [0.2, 0.25) is 0 Å². The van der Waals surface area contributed by atoms with Crippen LogP contribution in [0.15, 0.2) is 84.9 Å². The molecule has 7 heteroatoms. The van der Waals surface area contributed by atoms with Crippen molar-refractivity contribution in [3.05, 3.63) is 117 Å². The largest absolute Gasteiger partial charge is 0.322 e.